The Morgan fingerprint density at radius 3 is 2.62 bits per heavy atom. The zero-order valence-electron chi connectivity index (χ0n) is 20.3. The number of ether oxygens (including phenoxy) is 1. The van der Waals surface area contributed by atoms with Crippen molar-refractivity contribution < 1.29 is 4.74 Å². The van der Waals surface area contributed by atoms with Gasteiger partial charge in [0.2, 0.25) is 0 Å². The molecule has 34 heavy (non-hydrogen) atoms. The van der Waals surface area contributed by atoms with Crippen LogP contribution in [0.15, 0.2) is 22.9 Å². The molecular formula is C26H35N5OS2. The maximum absolute atomic E-state index is 5.56. The van der Waals surface area contributed by atoms with E-state index in [-0.39, 0.29) is 0 Å². The van der Waals surface area contributed by atoms with Crippen LogP contribution in [0.25, 0.3) is 20.7 Å². The zero-order valence-corrected chi connectivity index (χ0v) is 21.9. The van der Waals surface area contributed by atoms with Crippen LogP contribution in [0.2, 0.25) is 0 Å². The van der Waals surface area contributed by atoms with E-state index in [1.54, 1.807) is 11.3 Å². The monoisotopic (exact) mass is 497 g/mol. The van der Waals surface area contributed by atoms with Gasteiger partial charge in [-0.25, -0.2) is 9.97 Å². The molecule has 3 aliphatic rings. The van der Waals surface area contributed by atoms with Crippen LogP contribution in [-0.4, -0.2) is 77.3 Å². The van der Waals surface area contributed by atoms with Crippen LogP contribution in [0.5, 0.6) is 0 Å². The third kappa shape index (κ3) is 4.39. The maximum Gasteiger partial charge on any atom is 0.146 e. The topological polar surface area (TPSA) is 44.7 Å². The van der Waals surface area contributed by atoms with Crippen molar-refractivity contribution in [3.05, 3.63) is 28.7 Å². The molecule has 3 aliphatic heterocycles. The summed E-state index contributed by atoms with van der Waals surface area (Å²) in [7, 11) is 0. The van der Waals surface area contributed by atoms with Crippen molar-refractivity contribution in [1.29, 1.82) is 0 Å². The van der Waals surface area contributed by atoms with Crippen LogP contribution in [0.4, 0.5) is 5.82 Å². The molecule has 0 amide bonds. The molecule has 8 heteroatoms. The average molecular weight is 498 g/mol. The summed E-state index contributed by atoms with van der Waals surface area (Å²) in [5.41, 5.74) is 1.30. The van der Waals surface area contributed by atoms with Crippen molar-refractivity contribution >= 4 is 38.7 Å². The molecule has 0 N–H and O–H groups in total. The number of nitrogens with zero attached hydrogens (tertiary/aromatic N) is 5. The Morgan fingerprint density at radius 1 is 1.03 bits per heavy atom. The molecule has 0 aliphatic carbocycles. The Labute approximate surface area is 210 Å². The molecule has 6 heterocycles. The van der Waals surface area contributed by atoms with Gasteiger partial charge in [0, 0.05) is 60.1 Å². The zero-order chi connectivity index (χ0) is 23.1. The molecule has 3 fully saturated rings. The molecule has 0 radical (unpaired) electrons. The van der Waals surface area contributed by atoms with Gasteiger partial charge in [0.05, 0.1) is 25.1 Å². The van der Waals surface area contributed by atoms with E-state index >= 15 is 0 Å². The average Bonchev–Trinajstić information content (AvgIpc) is 3.60. The fourth-order valence-corrected chi connectivity index (χ4v) is 7.94. The predicted octanol–water partition coefficient (Wildman–Crippen LogP) is 5.09. The first-order chi connectivity index (χ1) is 16.7. The van der Waals surface area contributed by atoms with Crippen LogP contribution in [0, 0.1) is 0 Å². The molecule has 0 bridgehead atoms. The van der Waals surface area contributed by atoms with Gasteiger partial charge in [-0.15, -0.1) is 22.7 Å². The smallest absolute Gasteiger partial charge is 0.146 e. The minimum atomic E-state index is 0.609. The molecule has 3 aromatic heterocycles. The third-order valence-corrected chi connectivity index (χ3v) is 9.63. The highest BCUT2D eigenvalue weighted by atomic mass is 32.1. The second-order valence-electron chi connectivity index (χ2n) is 10.1. The second kappa shape index (κ2) is 9.82. The first kappa shape index (κ1) is 22.9. The summed E-state index contributed by atoms with van der Waals surface area (Å²) in [4.78, 5) is 20.6. The molecular weight excluding hydrogens is 462 g/mol. The standard InChI is InChI=1S/C26H35N5OS2/c1-18-7-8-19(2)31(18)20-5-3-9-30(15-20)25-24-21(22-6-4-14-33-22)17-34-26(24)28-23(27-25)16-29-10-12-32-13-11-29/h4,6,14,17-20H,3,5,7-13,15-16H2,1-2H3/t18-,19+,20-/m1/s1. The summed E-state index contributed by atoms with van der Waals surface area (Å²) < 4.78 is 5.56. The molecule has 6 rings (SSSR count). The van der Waals surface area contributed by atoms with Gasteiger partial charge in [0.25, 0.3) is 0 Å². The van der Waals surface area contributed by atoms with Crippen LogP contribution in [-0.2, 0) is 11.3 Å². The Morgan fingerprint density at radius 2 is 1.85 bits per heavy atom. The van der Waals surface area contributed by atoms with E-state index in [9.17, 15) is 0 Å². The van der Waals surface area contributed by atoms with E-state index in [1.807, 2.05) is 11.3 Å². The molecule has 3 saturated heterocycles. The van der Waals surface area contributed by atoms with Crippen molar-refractivity contribution in [2.75, 3.05) is 44.3 Å². The molecule has 182 valence electrons. The number of hydrogen-bond donors (Lipinski definition) is 0. The lowest BCUT2D eigenvalue weighted by Crippen LogP contribution is -2.51. The quantitative estimate of drug-likeness (QED) is 0.489. The number of piperidine rings is 1. The molecule has 0 spiro atoms. The van der Waals surface area contributed by atoms with Crippen LogP contribution in [0.1, 0.15) is 45.4 Å². The summed E-state index contributed by atoms with van der Waals surface area (Å²) in [5, 5.41) is 5.71. The number of hydrogen-bond acceptors (Lipinski definition) is 8. The number of thiophene rings is 2. The van der Waals surface area contributed by atoms with Crippen molar-refractivity contribution in [3.8, 4) is 10.4 Å². The fourth-order valence-electron chi connectivity index (χ4n) is 6.16. The van der Waals surface area contributed by atoms with Crippen molar-refractivity contribution in [2.24, 2.45) is 0 Å². The molecule has 0 unspecified atom stereocenters. The first-order valence-electron chi connectivity index (χ1n) is 12.8. The molecule has 0 aromatic carbocycles. The van der Waals surface area contributed by atoms with Gasteiger partial charge in [0.1, 0.15) is 16.5 Å². The lowest BCUT2D eigenvalue weighted by atomic mass is 10.0. The summed E-state index contributed by atoms with van der Waals surface area (Å²) in [6.07, 6.45) is 5.17. The van der Waals surface area contributed by atoms with Crippen molar-refractivity contribution in [3.63, 3.8) is 0 Å². The SMILES string of the molecule is C[C@@H]1CC[C@H](C)N1[C@@H]1CCCN(c2nc(CN3CCOCC3)nc3scc(-c4cccs4)c23)C1. The second-order valence-corrected chi connectivity index (χ2v) is 11.9. The molecule has 0 saturated carbocycles. The van der Waals surface area contributed by atoms with Gasteiger partial charge in [-0.1, -0.05) is 6.07 Å². The van der Waals surface area contributed by atoms with E-state index in [0.29, 0.717) is 18.1 Å². The first-order valence-corrected chi connectivity index (χ1v) is 14.6. The highest BCUT2D eigenvalue weighted by molar-refractivity contribution is 7.18. The Bertz CT molecular complexity index is 1100. The lowest BCUT2D eigenvalue weighted by molar-refractivity contribution is 0.0331. The van der Waals surface area contributed by atoms with E-state index in [2.05, 4.69) is 51.4 Å². The maximum atomic E-state index is 5.56. The van der Waals surface area contributed by atoms with Crippen LogP contribution < -0.4 is 4.90 Å². The Balaban J connectivity index is 1.37. The molecule has 6 nitrogen and oxygen atoms in total. The largest absolute Gasteiger partial charge is 0.379 e. The highest BCUT2D eigenvalue weighted by Gasteiger charge is 2.36. The number of rotatable bonds is 5. The van der Waals surface area contributed by atoms with Crippen LogP contribution >= 0.6 is 22.7 Å². The number of aromatic nitrogens is 2. The van der Waals surface area contributed by atoms with Gasteiger partial charge in [-0.2, -0.15) is 0 Å². The van der Waals surface area contributed by atoms with E-state index in [0.717, 1.165) is 62.4 Å². The summed E-state index contributed by atoms with van der Waals surface area (Å²) in [5.74, 6) is 2.11. The van der Waals surface area contributed by atoms with Gasteiger partial charge in [-0.3, -0.25) is 9.80 Å². The lowest BCUT2D eigenvalue weighted by Gasteiger charge is -2.42. The molecule has 3 atom stereocenters. The molecule has 3 aromatic rings. The Kier molecular flexibility index (Phi) is 6.60. The number of fused-ring (bicyclic) bond motifs is 1. The fraction of sp³-hybridized carbons (Fsp3) is 0.615. The van der Waals surface area contributed by atoms with Crippen molar-refractivity contribution in [1.82, 2.24) is 19.8 Å². The minimum absolute atomic E-state index is 0.609. The van der Waals surface area contributed by atoms with E-state index in [4.69, 9.17) is 14.7 Å². The van der Waals surface area contributed by atoms with Crippen LogP contribution in [0.3, 0.4) is 0 Å². The highest BCUT2D eigenvalue weighted by Crippen LogP contribution is 2.41. The summed E-state index contributed by atoms with van der Waals surface area (Å²) in [6.45, 7) is 11.3. The number of likely N-dealkylation sites (tertiary alicyclic amines) is 1. The minimum Gasteiger partial charge on any atom is -0.379 e. The van der Waals surface area contributed by atoms with Gasteiger partial charge < -0.3 is 9.64 Å². The van der Waals surface area contributed by atoms with E-state index in [1.165, 1.54) is 41.5 Å². The number of anilines is 1. The Hall–Kier alpha value is -1.58. The van der Waals surface area contributed by atoms with E-state index < -0.39 is 0 Å². The summed E-state index contributed by atoms with van der Waals surface area (Å²) in [6, 6.07) is 6.35. The predicted molar refractivity (Wildman–Crippen MR) is 142 cm³/mol. The van der Waals surface area contributed by atoms with Gasteiger partial charge >= 0.3 is 0 Å². The normalized spacial score (nSPS) is 27.1. The van der Waals surface area contributed by atoms with Gasteiger partial charge in [-0.05, 0) is 51.0 Å². The third-order valence-electron chi connectivity index (χ3n) is 7.85. The van der Waals surface area contributed by atoms with Gasteiger partial charge in [0.15, 0.2) is 0 Å². The number of morpholine rings is 1. The summed E-state index contributed by atoms with van der Waals surface area (Å²) >= 11 is 3.58. The van der Waals surface area contributed by atoms with Crippen molar-refractivity contribution in [2.45, 2.75) is 64.2 Å².